The number of rotatable bonds is 6. The number of thiophene rings is 2. The van der Waals surface area contributed by atoms with Crippen LogP contribution in [0.25, 0.3) is 73.4 Å². The van der Waals surface area contributed by atoms with Gasteiger partial charge in [0, 0.05) is 69.9 Å². The molecule has 0 saturated heterocycles. The summed E-state index contributed by atoms with van der Waals surface area (Å²) in [6.07, 6.45) is 0. The summed E-state index contributed by atoms with van der Waals surface area (Å²) in [5.41, 5.74) is -0.613. The topological polar surface area (TPSA) is 59.8 Å². The molecule has 0 amide bonds. The van der Waals surface area contributed by atoms with E-state index < -0.39 is 21.4 Å². The lowest BCUT2D eigenvalue weighted by Gasteiger charge is -2.26. The summed E-state index contributed by atoms with van der Waals surface area (Å²) in [5, 5.41) is 5.46. The van der Waals surface area contributed by atoms with E-state index >= 15 is 0 Å². The molecule has 0 fully saturated rings. The zero-order valence-corrected chi connectivity index (χ0v) is 30.2. The Balaban J connectivity index is 1.21. The van der Waals surface area contributed by atoms with Gasteiger partial charge in [-0.1, -0.05) is 66.7 Å². The van der Waals surface area contributed by atoms with Crippen molar-refractivity contribution in [3.63, 3.8) is 0 Å². The maximum atomic E-state index is 13.7. The van der Waals surface area contributed by atoms with Crippen molar-refractivity contribution < 1.29 is 30.2 Å². The second-order valence-electron chi connectivity index (χ2n) is 12.9. The van der Waals surface area contributed by atoms with E-state index in [4.69, 9.17) is 8.60 Å². The number of anilines is 3. The lowest BCUT2D eigenvalue weighted by molar-refractivity contribution is -0.0500. The third-order valence-corrected chi connectivity index (χ3v) is 12.9. The van der Waals surface area contributed by atoms with Crippen LogP contribution in [-0.2, 0) is 10.1 Å². The number of hydrogen-bond acceptors (Lipinski definition) is 7. The Bertz CT molecular complexity index is 3220. The molecular formula is C43H24F3NO4S3. The molecule has 54 heavy (non-hydrogen) atoms. The summed E-state index contributed by atoms with van der Waals surface area (Å²) in [5.74, 6) is -0.461. The molecule has 5 nitrogen and oxygen atoms in total. The van der Waals surface area contributed by atoms with Gasteiger partial charge in [0.15, 0.2) is 0 Å². The number of benzene rings is 7. The van der Waals surface area contributed by atoms with Gasteiger partial charge < -0.3 is 13.5 Å². The molecule has 0 N–H and O–H groups in total. The van der Waals surface area contributed by atoms with Gasteiger partial charge in [0.1, 0.15) is 16.9 Å². The maximum absolute atomic E-state index is 13.7. The van der Waals surface area contributed by atoms with Gasteiger partial charge in [0.2, 0.25) is 0 Å². The number of halogens is 3. The molecule has 264 valence electrons. The largest absolute Gasteiger partial charge is 0.534 e. The standard InChI is InChI=1S/C43H24F3NO4S3/c44-43(45,46)54(48,49)51-29-23-35-34-21-26(25-14-18-40-33(20-25)32-11-5-7-13-39(32)52-40)15-19-41(34)53-42(35)36(24-29)47(27-8-2-1-3-9-27)28-16-17-31-30-10-4-6-12-37(30)50-38(31)22-28/h1-24H. The van der Waals surface area contributed by atoms with Crippen molar-refractivity contribution in [1.82, 2.24) is 0 Å². The first-order valence-corrected chi connectivity index (χ1v) is 19.8. The molecule has 10 rings (SSSR count). The molecule has 10 aromatic rings. The number of nitrogens with zero attached hydrogens (tertiary/aromatic N) is 1. The number of para-hydroxylation sites is 2. The third kappa shape index (κ3) is 5.30. The fraction of sp³-hybridized carbons (Fsp3) is 0.0233. The van der Waals surface area contributed by atoms with Gasteiger partial charge in [-0.2, -0.15) is 21.6 Å². The minimum atomic E-state index is -5.98. The summed E-state index contributed by atoms with van der Waals surface area (Å²) in [6, 6.07) is 46.1. The Morgan fingerprint density at radius 3 is 1.93 bits per heavy atom. The quantitative estimate of drug-likeness (QED) is 0.124. The summed E-state index contributed by atoms with van der Waals surface area (Å²) < 4.78 is 81.2. The van der Waals surface area contributed by atoms with Crippen molar-refractivity contribution in [3.05, 3.63) is 146 Å². The summed E-state index contributed by atoms with van der Waals surface area (Å²) in [6.45, 7) is 0. The van der Waals surface area contributed by atoms with E-state index in [1.807, 2.05) is 108 Å². The zero-order valence-electron chi connectivity index (χ0n) is 27.8. The molecule has 0 aliphatic rings. The molecule has 0 atom stereocenters. The van der Waals surface area contributed by atoms with Crippen LogP contribution in [0.2, 0.25) is 0 Å². The predicted molar refractivity (Wildman–Crippen MR) is 215 cm³/mol. The van der Waals surface area contributed by atoms with Crippen molar-refractivity contribution >= 4 is 112 Å². The summed E-state index contributed by atoms with van der Waals surface area (Å²) in [7, 11) is -5.98. The van der Waals surface area contributed by atoms with Crippen LogP contribution in [0.3, 0.4) is 0 Å². The number of fused-ring (bicyclic) bond motifs is 9. The Morgan fingerprint density at radius 2 is 1.17 bits per heavy atom. The van der Waals surface area contributed by atoms with E-state index in [9.17, 15) is 21.6 Å². The Labute approximate surface area is 313 Å². The maximum Gasteiger partial charge on any atom is 0.534 e. The molecule has 0 aliphatic carbocycles. The fourth-order valence-corrected chi connectivity index (χ4v) is 9.86. The summed E-state index contributed by atoms with van der Waals surface area (Å²) in [4.78, 5) is 1.88. The molecule has 3 heterocycles. The van der Waals surface area contributed by atoms with E-state index in [0.717, 1.165) is 47.7 Å². The smallest absolute Gasteiger partial charge is 0.456 e. The van der Waals surface area contributed by atoms with Gasteiger partial charge in [-0.05, 0) is 77.9 Å². The van der Waals surface area contributed by atoms with Gasteiger partial charge in [-0.15, -0.1) is 22.7 Å². The first-order valence-electron chi connectivity index (χ1n) is 16.8. The molecule has 3 aromatic heterocycles. The Kier molecular flexibility index (Phi) is 7.32. The molecule has 11 heteroatoms. The van der Waals surface area contributed by atoms with Crippen LogP contribution in [0.15, 0.2) is 150 Å². The minimum absolute atomic E-state index is 0.440. The van der Waals surface area contributed by atoms with E-state index in [-0.39, 0.29) is 0 Å². The highest BCUT2D eigenvalue weighted by atomic mass is 32.2. The highest BCUT2D eigenvalue weighted by Crippen LogP contribution is 2.49. The van der Waals surface area contributed by atoms with Crippen molar-refractivity contribution in [2.24, 2.45) is 0 Å². The molecule has 0 aliphatic heterocycles. The van der Waals surface area contributed by atoms with Gasteiger partial charge in [-0.3, -0.25) is 0 Å². The van der Waals surface area contributed by atoms with Crippen molar-refractivity contribution in [3.8, 4) is 16.9 Å². The first-order chi connectivity index (χ1) is 26.1. The number of hydrogen-bond donors (Lipinski definition) is 0. The highest BCUT2D eigenvalue weighted by molar-refractivity contribution is 7.88. The SMILES string of the molecule is O=S(=O)(Oc1cc(N(c2ccccc2)c2ccc3c(c2)oc2ccccc23)c2sc3ccc(-c4ccc5sc6ccccc6c5c4)cc3c2c1)C(F)(F)F. The van der Waals surface area contributed by atoms with Crippen LogP contribution in [0.4, 0.5) is 30.2 Å². The third-order valence-electron chi connectivity index (χ3n) is 9.60. The van der Waals surface area contributed by atoms with Crippen LogP contribution < -0.4 is 9.08 Å². The highest BCUT2D eigenvalue weighted by Gasteiger charge is 2.48. The molecule has 0 spiro atoms. The Morgan fingerprint density at radius 1 is 0.537 bits per heavy atom. The lowest BCUT2D eigenvalue weighted by atomic mass is 10.0. The van der Waals surface area contributed by atoms with Crippen molar-refractivity contribution in [1.29, 1.82) is 0 Å². The number of alkyl halides is 3. The van der Waals surface area contributed by atoms with Crippen LogP contribution in [0.1, 0.15) is 0 Å². The second kappa shape index (κ2) is 12.1. The van der Waals surface area contributed by atoms with Gasteiger partial charge in [0.05, 0.1) is 10.4 Å². The van der Waals surface area contributed by atoms with Crippen molar-refractivity contribution in [2.45, 2.75) is 5.51 Å². The van der Waals surface area contributed by atoms with Gasteiger partial charge in [0.25, 0.3) is 0 Å². The minimum Gasteiger partial charge on any atom is -0.456 e. The molecule has 7 aromatic carbocycles. The van der Waals surface area contributed by atoms with Gasteiger partial charge in [-0.25, -0.2) is 0 Å². The van der Waals surface area contributed by atoms with E-state index in [1.165, 1.54) is 38.3 Å². The predicted octanol–water partition coefficient (Wildman–Crippen LogP) is 13.7. The Hall–Kier alpha value is -5.88. The molecular weight excluding hydrogens is 748 g/mol. The van der Waals surface area contributed by atoms with E-state index in [2.05, 4.69) is 30.3 Å². The van der Waals surface area contributed by atoms with E-state index in [0.29, 0.717) is 28.0 Å². The number of furan rings is 1. The molecule has 0 unspecified atom stereocenters. The normalized spacial score (nSPS) is 12.5. The molecule has 0 saturated carbocycles. The van der Waals surface area contributed by atoms with Crippen LogP contribution >= 0.6 is 22.7 Å². The van der Waals surface area contributed by atoms with Crippen LogP contribution in [-0.4, -0.2) is 13.9 Å². The molecule has 0 bridgehead atoms. The zero-order chi connectivity index (χ0) is 36.8. The van der Waals surface area contributed by atoms with Gasteiger partial charge >= 0.3 is 15.6 Å². The fourth-order valence-electron chi connectivity index (χ4n) is 7.17. The van der Waals surface area contributed by atoms with Crippen molar-refractivity contribution in [2.75, 3.05) is 4.90 Å². The monoisotopic (exact) mass is 771 g/mol. The second-order valence-corrected chi connectivity index (χ2v) is 16.5. The van der Waals surface area contributed by atoms with E-state index in [1.54, 1.807) is 11.3 Å². The average molecular weight is 772 g/mol. The van der Waals surface area contributed by atoms with Crippen LogP contribution in [0.5, 0.6) is 5.75 Å². The lowest BCUT2D eigenvalue weighted by Crippen LogP contribution is -2.28. The molecule has 0 radical (unpaired) electrons. The average Bonchev–Trinajstić information content (AvgIpc) is 3.85. The van der Waals surface area contributed by atoms with Crippen LogP contribution in [0, 0.1) is 0 Å². The summed E-state index contributed by atoms with van der Waals surface area (Å²) >= 11 is 3.19. The first kappa shape index (κ1) is 32.7.